The van der Waals surface area contributed by atoms with Gasteiger partial charge in [-0.25, -0.2) is 4.98 Å². The average Bonchev–Trinajstić information content (AvgIpc) is 2.89. The highest BCUT2D eigenvalue weighted by Crippen LogP contribution is 2.32. The molecule has 186 valence electrons. The van der Waals surface area contributed by atoms with Gasteiger partial charge in [0.15, 0.2) is 0 Å². The molecule has 0 saturated carbocycles. The minimum Gasteiger partial charge on any atom is -0.492 e. The molecule has 36 heavy (non-hydrogen) atoms. The highest BCUT2D eigenvalue weighted by Gasteiger charge is 2.13. The molecule has 1 saturated heterocycles. The summed E-state index contributed by atoms with van der Waals surface area (Å²) < 4.78 is 11.4. The lowest BCUT2D eigenvalue weighted by Gasteiger charge is -2.28. The summed E-state index contributed by atoms with van der Waals surface area (Å²) in [4.78, 5) is 13.8. The molecule has 8 nitrogen and oxygen atoms in total. The molecule has 5 rings (SSSR count). The standard InChI is InChI=1S/C28H32N6O2/c1-33(2)13-18-36-23-6-3-5-20(19-23)24-7-4-8-25-26(24)31-28(32-27(25)29)30-21-9-11-22(12-10-21)34-14-16-35-17-15-34/h3-12,19H,13-18H2,1-2H3,(H3,29,30,31,32). The van der Waals surface area contributed by atoms with E-state index in [0.29, 0.717) is 18.4 Å². The second-order valence-corrected chi connectivity index (χ2v) is 9.09. The van der Waals surface area contributed by atoms with E-state index in [2.05, 4.69) is 44.4 Å². The number of fused-ring (bicyclic) bond motifs is 1. The van der Waals surface area contributed by atoms with Crippen LogP contribution in [0.3, 0.4) is 0 Å². The number of para-hydroxylation sites is 1. The molecule has 0 radical (unpaired) electrons. The van der Waals surface area contributed by atoms with E-state index in [1.54, 1.807) is 0 Å². The highest BCUT2D eigenvalue weighted by molar-refractivity contribution is 5.99. The number of morpholine rings is 1. The van der Waals surface area contributed by atoms with E-state index in [4.69, 9.17) is 20.2 Å². The van der Waals surface area contributed by atoms with E-state index in [0.717, 1.165) is 66.3 Å². The Labute approximate surface area is 211 Å². The number of nitrogens with two attached hydrogens (primary N) is 1. The van der Waals surface area contributed by atoms with Crippen LogP contribution in [0, 0.1) is 0 Å². The molecule has 0 aliphatic carbocycles. The molecule has 8 heteroatoms. The predicted molar refractivity (Wildman–Crippen MR) is 146 cm³/mol. The molecule has 0 spiro atoms. The summed E-state index contributed by atoms with van der Waals surface area (Å²) in [5.41, 5.74) is 11.2. The third kappa shape index (κ3) is 5.50. The highest BCUT2D eigenvalue weighted by atomic mass is 16.5. The molecular weight excluding hydrogens is 452 g/mol. The first-order chi connectivity index (χ1) is 17.6. The lowest BCUT2D eigenvalue weighted by atomic mass is 10.0. The molecule has 0 amide bonds. The van der Waals surface area contributed by atoms with Gasteiger partial charge in [-0.15, -0.1) is 0 Å². The molecule has 0 atom stereocenters. The van der Waals surface area contributed by atoms with Crippen LogP contribution in [0.5, 0.6) is 5.75 Å². The van der Waals surface area contributed by atoms with Crippen molar-refractivity contribution < 1.29 is 9.47 Å². The number of aromatic nitrogens is 2. The molecule has 3 N–H and O–H groups in total. The summed E-state index contributed by atoms with van der Waals surface area (Å²) in [5, 5.41) is 4.14. The number of nitrogens with one attached hydrogen (secondary N) is 1. The van der Waals surface area contributed by atoms with E-state index in [1.165, 1.54) is 5.69 Å². The van der Waals surface area contributed by atoms with Crippen LogP contribution >= 0.6 is 0 Å². The Morgan fingerprint density at radius 2 is 1.78 bits per heavy atom. The Balaban J connectivity index is 1.41. The predicted octanol–water partition coefficient (Wildman–Crippen LogP) is 4.40. The zero-order valence-corrected chi connectivity index (χ0v) is 20.8. The maximum Gasteiger partial charge on any atom is 0.229 e. The van der Waals surface area contributed by atoms with Gasteiger partial charge in [-0.05, 0) is 62.1 Å². The smallest absolute Gasteiger partial charge is 0.229 e. The molecule has 1 aliphatic heterocycles. The lowest BCUT2D eigenvalue weighted by molar-refractivity contribution is 0.122. The number of hydrogen-bond donors (Lipinski definition) is 2. The Kier molecular flexibility index (Phi) is 7.16. The fourth-order valence-corrected chi connectivity index (χ4v) is 4.27. The van der Waals surface area contributed by atoms with E-state index < -0.39 is 0 Å². The molecule has 1 fully saturated rings. The quantitative estimate of drug-likeness (QED) is 0.381. The van der Waals surface area contributed by atoms with E-state index in [9.17, 15) is 0 Å². The Morgan fingerprint density at radius 1 is 1.00 bits per heavy atom. The van der Waals surface area contributed by atoms with Gasteiger partial charge in [0.25, 0.3) is 0 Å². The van der Waals surface area contributed by atoms with Crippen LogP contribution in [-0.4, -0.2) is 68.4 Å². The largest absolute Gasteiger partial charge is 0.492 e. The average molecular weight is 485 g/mol. The topological polar surface area (TPSA) is 88.8 Å². The van der Waals surface area contributed by atoms with E-state index >= 15 is 0 Å². The first kappa shape index (κ1) is 23.8. The van der Waals surface area contributed by atoms with E-state index in [-0.39, 0.29) is 0 Å². The van der Waals surface area contributed by atoms with Crippen molar-refractivity contribution in [2.45, 2.75) is 0 Å². The summed E-state index contributed by atoms with van der Waals surface area (Å²) in [6.45, 7) is 4.81. The molecule has 0 bridgehead atoms. The number of ether oxygens (including phenoxy) is 2. The summed E-state index contributed by atoms with van der Waals surface area (Å²) >= 11 is 0. The van der Waals surface area contributed by atoms with Crippen molar-refractivity contribution >= 4 is 34.0 Å². The van der Waals surface area contributed by atoms with Gasteiger partial charge < -0.3 is 30.3 Å². The van der Waals surface area contributed by atoms with E-state index in [1.807, 2.05) is 56.6 Å². The monoisotopic (exact) mass is 484 g/mol. The number of rotatable bonds is 8. The van der Waals surface area contributed by atoms with Crippen LogP contribution in [0.1, 0.15) is 0 Å². The van der Waals surface area contributed by atoms with Crippen molar-refractivity contribution in [1.29, 1.82) is 0 Å². The van der Waals surface area contributed by atoms with Gasteiger partial charge in [-0.1, -0.05) is 24.3 Å². The number of anilines is 4. The lowest BCUT2D eigenvalue weighted by Crippen LogP contribution is -2.36. The molecule has 3 aromatic carbocycles. The molecule has 1 aliphatic rings. The zero-order valence-electron chi connectivity index (χ0n) is 20.8. The van der Waals surface area contributed by atoms with Crippen LogP contribution in [-0.2, 0) is 4.74 Å². The maximum atomic E-state index is 6.36. The number of hydrogen-bond acceptors (Lipinski definition) is 8. The summed E-state index contributed by atoms with van der Waals surface area (Å²) in [5.74, 6) is 1.73. The first-order valence-corrected chi connectivity index (χ1v) is 12.2. The van der Waals surface area contributed by atoms with Gasteiger partial charge in [-0.3, -0.25) is 0 Å². The maximum absolute atomic E-state index is 6.36. The third-order valence-corrected chi connectivity index (χ3v) is 6.21. The minimum absolute atomic E-state index is 0.438. The minimum atomic E-state index is 0.438. The Bertz CT molecular complexity index is 1320. The van der Waals surface area contributed by atoms with Crippen LogP contribution in [0.4, 0.5) is 23.1 Å². The zero-order chi connectivity index (χ0) is 24.9. The summed E-state index contributed by atoms with van der Waals surface area (Å²) in [7, 11) is 4.06. The summed E-state index contributed by atoms with van der Waals surface area (Å²) in [6.07, 6.45) is 0. The second kappa shape index (κ2) is 10.8. The summed E-state index contributed by atoms with van der Waals surface area (Å²) in [6, 6.07) is 22.3. The van der Waals surface area contributed by atoms with Crippen molar-refractivity contribution in [2.75, 3.05) is 69.5 Å². The van der Waals surface area contributed by atoms with Gasteiger partial charge >= 0.3 is 0 Å². The van der Waals surface area contributed by atoms with Gasteiger partial charge in [0.1, 0.15) is 18.2 Å². The van der Waals surface area contributed by atoms with Gasteiger partial charge in [0.05, 0.1) is 18.7 Å². The molecular formula is C28H32N6O2. The van der Waals surface area contributed by atoms with Crippen molar-refractivity contribution in [2.24, 2.45) is 0 Å². The van der Waals surface area contributed by atoms with Crippen LogP contribution in [0.15, 0.2) is 66.7 Å². The number of likely N-dealkylation sites (N-methyl/N-ethyl adjacent to an activating group) is 1. The first-order valence-electron chi connectivity index (χ1n) is 12.2. The van der Waals surface area contributed by atoms with Crippen LogP contribution in [0.25, 0.3) is 22.0 Å². The molecule has 1 aromatic heterocycles. The second-order valence-electron chi connectivity index (χ2n) is 9.09. The SMILES string of the molecule is CN(C)CCOc1cccc(-c2cccc3c(N)nc(Nc4ccc(N5CCOCC5)cc4)nc23)c1. The molecule has 0 unspecified atom stereocenters. The van der Waals surface area contributed by atoms with Crippen molar-refractivity contribution in [3.8, 4) is 16.9 Å². The van der Waals surface area contributed by atoms with Crippen molar-refractivity contribution in [3.05, 3.63) is 66.7 Å². The van der Waals surface area contributed by atoms with Gasteiger partial charge in [0, 0.05) is 42.0 Å². The number of nitrogens with zero attached hydrogens (tertiary/aromatic N) is 4. The Morgan fingerprint density at radius 3 is 2.56 bits per heavy atom. The van der Waals surface area contributed by atoms with Crippen LogP contribution < -0.4 is 20.7 Å². The van der Waals surface area contributed by atoms with Gasteiger partial charge in [-0.2, -0.15) is 4.98 Å². The fourth-order valence-electron chi connectivity index (χ4n) is 4.27. The number of nitrogen functional groups attached to an aromatic ring is 1. The van der Waals surface area contributed by atoms with Gasteiger partial charge in [0.2, 0.25) is 5.95 Å². The van der Waals surface area contributed by atoms with Crippen LogP contribution in [0.2, 0.25) is 0 Å². The fraction of sp³-hybridized carbons (Fsp3) is 0.286. The van der Waals surface area contributed by atoms with Crippen molar-refractivity contribution in [3.63, 3.8) is 0 Å². The normalized spacial score (nSPS) is 13.8. The Hall–Kier alpha value is -3.88. The number of benzene rings is 3. The van der Waals surface area contributed by atoms with Crippen molar-refractivity contribution in [1.82, 2.24) is 14.9 Å². The molecule has 4 aromatic rings. The third-order valence-electron chi connectivity index (χ3n) is 6.21. The molecule has 2 heterocycles.